The summed E-state index contributed by atoms with van der Waals surface area (Å²) >= 11 is 0. The molecule has 2 aromatic carbocycles. The third-order valence-corrected chi connectivity index (χ3v) is 7.32. The van der Waals surface area contributed by atoms with Crippen LogP contribution in [-0.2, 0) is 17.4 Å². The summed E-state index contributed by atoms with van der Waals surface area (Å²) < 4.78 is 2.17. The van der Waals surface area contributed by atoms with Gasteiger partial charge < -0.3 is 14.8 Å². The van der Waals surface area contributed by atoms with E-state index >= 15 is 0 Å². The van der Waals surface area contributed by atoms with E-state index in [9.17, 15) is 14.4 Å². The lowest BCUT2D eigenvalue weighted by Gasteiger charge is -2.32. The molecule has 8 nitrogen and oxygen atoms in total. The van der Waals surface area contributed by atoms with Crippen LogP contribution in [0.5, 0.6) is 0 Å². The lowest BCUT2D eigenvalue weighted by Crippen LogP contribution is -2.48. The number of fused-ring (bicyclic) bond motifs is 1. The van der Waals surface area contributed by atoms with Gasteiger partial charge in [0.25, 0.3) is 11.8 Å². The summed E-state index contributed by atoms with van der Waals surface area (Å²) in [6.07, 6.45) is 1.73. The minimum atomic E-state index is -1.12. The number of imide groups is 1. The fourth-order valence-electron chi connectivity index (χ4n) is 5.34. The van der Waals surface area contributed by atoms with E-state index in [1.807, 2.05) is 36.9 Å². The van der Waals surface area contributed by atoms with Gasteiger partial charge in [0.15, 0.2) is 0 Å². The Balaban J connectivity index is 1.29. The Morgan fingerprint density at radius 3 is 2.32 bits per heavy atom. The van der Waals surface area contributed by atoms with E-state index in [4.69, 9.17) is 4.98 Å². The van der Waals surface area contributed by atoms with E-state index in [0.29, 0.717) is 30.1 Å². The summed E-state index contributed by atoms with van der Waals surface area (Å²) in [4.78, 5) is 44.3. The third kappa shape index (κ3) is 3.45. The highest BCUT2D eigenvalue weighted by Crippen LogP contribution is 2.34. The maximum atomic E-state index is 13.2. The van der Waals surface area contributed by atoms with Crippen LogP contribution in [0.2, 0.25) is 0 Å². The molecule has 0 bridgehead atoms. The number of benzene rings is 2. The van der Waals surface area contributed by atoms with Crippen LogP contribution >= 0.6 is 0 Å². The monoisotopic (exact) mass is 459 g/mol. The minimum Gasteiger partial charge on any atom is -0.339 e. The summed E-state index contributed by atoms with van der Waals surface area (Å²) in [7, 11) is 2.06. The number of piperidine rings is 1. The van der Waals surface area contributed by atoms with E-state index in [0.717, 1.165) is 29.7 Å². The van der Waals surface area contributed by atoms with Crippen molar-refractivity contribution in [3.05, 3.63) is 65.5 Å². The number of aromatic nitrogens is 2. The van der Waals surface area contributed by atoms with Gasteiger partial charge in [0.2, 0.25) is 0 Å². The molecule has 8 heteroatoms. The van der Waals surface area contributed by atoms with Crippen LogP contribution in [0.1, 0.15) is 54.4 Å². The van der Waals surface area contributed by atoms with Gasteiger partial charge in [0.05, 0.1) is 11.0 Å². The molecule has 1 aromatic heterocycles. The first-order valence-corrected chi connectivity index (χ1v) is 11.8. The van der Waals surface area contributed by atoms with E-state index < -0.39 is 11.6 Å². The van der Waals surface area contributed by atoms with Crippen molar-refractivity contribution in [2.24, 2.45) is 13.0 Å². The predicted molar refractivity (Wildman–Crippen MR) is 128 cm³/mol. The fourth-order valence-corrected chi connectivity index (χ4v) is 5.34. The number of hydrogen-bond acceptors (Lipinski definition) is 4. The molecule has 3 aromatic rings. The van der Waals surface area contributed by atoms with E-state index in [1.54, 1.807) is 24.3 Å². The van der Waals surface area contributed by atoms with Crippen molar-refractivity contribution in [2.45, 2.75) is 38.1 Å². The van der Waals surface area contributed by atoms with Gasteiger partial charge >= 0.3 is 6.03 Å². The molecule has 0 radical (unpaired) electrons. The number of rotatable bonds is 4. The zero-order valence-electron chi connectivity index (χ0n) is 19.7. The lowest BCUT2D eigenvalue weighted by molar-refractivity contribution is -0.125. The zero-order valence-corrected chi connectivity index (χ0v) is 19.7. The largest absolute Gasteiger partial charge is 0.339 e. The average Bonchev–Trinajstić information content (AvgIpc) is 3.35. The fraction of sp³-hybridized carbons (Fsp3) is 0.385. The molecule has 2 saturated heterocycles. The maximum absolute atomic E-state index is 13.2. The van der Waals surface area contributed by atoms with Crippen molar-refractivity contribution in [1.29, 1.82) is 0 Å². The SMILES string of the molecule is CC(C)C1(c2ccc(C(=O)N3CCC(c4nc5ccccc5n4C)CC3)cc2)NC(=O)NC1=O. The number of urea groups is 1. The second kappa shape index (κ2) is 8.27. The van der Waals surface area contributed by atoms with Gasteiger partial charge in [-0.05, 0) is 48.6 Å². The molecule has 3 heterocycles. The van der Waals surface area contributed by atoms with Crippen molar-refractivity contribution in [3.63, 3.8) is 0 Å². The Hall–Kier alpha value is -3.68. The van der Waals surface area contributed by atoms with E-state index in [1.165, 1.54) is 0 Å². The molecular formula is C26H29N5O3. The van der Waals surface area contributed by atoms with Crippen molar-refractivity contribution < 1.29 is 14.4 Å². The number of para-hydroxylation sites is 2. The number of carbonyl (C=O) groups excluding carboxylic acids is 3. The van der Waals surface area contributed by atoms with Crippen LogP contribution in [0, 0.1) is 5.92 Å². The highest BCUT2D eigenvalue weighted by molar-refractivity contribution is 6.07. The first-order valence-electron chi connectivity index (χ1n) is 11.8. The Morgan fingerprint density at radius 2 is 1.74 bits per heavy atom. The molecule has 2 aliphatic heterocycles. The number of nitrogens with one attached hydrogen (secondary N) is 2. The third-order valence-electron chi connectivity index (χ3n) is 7.32. The second-order valence-electron chi connectivity index (χ2n) is 9.53. The molecule has 0 saturated carbocycles. The van der Waals surface area contributed by atoms with Gasteiger partial charge in [-0.1, -0.05) is 38.1 Å². The highest BCUT2D eigenvalue weighted by atomic mass is 16.2. The number of nitrogens with zero attached hydrogens (tertiary/aromatic N) is 3. The van der Waals surface area contributed by atoms with Crippen molar-refractivity contribution in [1.82, 2.24) is 25.1 Å². The van der Waals surface area contributed by atoms with Crippen molar-refractivity contribution in [2.75, 3.05) is 13.1 Å². The summed E-state index contributed by atoms with van der Waals surface area (Å²) in [6.45, 7) is 5.11. The first-order chi connectivity index (χ1) is 16.3. The summed E-state index contributed by atoms with van der Waals surface area (Å²) in [5, 5.41) is 5.11. The van der Waals surface area contributed by atoms with Crippen LogP contribution < -0.4 is 10.6 Å². The summed E-state index contributed by atoms with van der Waals surface area (Å²) in [5.74, 6) is 0.860. The maximum Gasteiger partial charge on any atom is 0.322 e. The molecular weight excluding hydrogens is 430 g/mol. The van der Waals surface area contributed by atoms with Crippen LogP contribution in [0.15, 0.2) is 48.5 Å². The quantitative estimate of drug-likeness (QED) is 0.585. The topological polar surface area (TPSA) is 96.3 Å². The molecule has 34 heavy (non-hydrogen) atoms. The minimum absolute atomic E-state index is 0.0199. The van der Waals surface area contributed by atoms with Gasteiger partial charge in [0.1, 0.15) is 11.4 Å². The van der Waals surface area contributed by atoms with Crippen LogP contribution in [-0.4, -0.2) is 45.4 Å². The first kappa shape index (κ1) is 22.1. The van der Waals surface area contributed by atoms with Crippen LogP contribution in [0.3, 0.4) is 0 Å². The van der Waals surface area contributed by atoms with Gasteiger partial charge in [-0.3, -0.25) is 14.9 Å². The molecule has 0 aliphatic carbocycles. The molecule has 1 unspecified atom stereocenters. The van der Waals surface area contributed by atoms with Gasteiger partial charge in [0, 0.05) is 31.6 Å². The summed E-state index contributed by atoms with van der Waals surface area (Å²) in [6, 6.07) is 14.7. The number of carbonyl (C=O) groups is 3. The number of amides is 4. The molecule has 176 valence electrons. The number of imidazole rings is 1. The second-order valence-corrected chi connectivity index (χ2v) is 9.53. The average molecular weight is 460 g/mol. The molecule has 4 amide bonds. The summed E-state index contributed by atoms with van der Waals surface area (Å²) in [5.41, 5.74) is 2.26. The molecule has 2 aliphatic rings. The smallest absolute Gasteiger partial charge is 0.322 e. The van der Waals surface area contributed by atoms with E-state index in [-0.39, 0.29) is 17.7 Å². The van der Waals surface area contributed by atoms with Crippen molar-refractivity contribution >= 4 is 28.9 Å². The van der Waals surface area contributed by atoms with Gasteiger partial charge in [-0.2, -0.15) is 0 Å². The molecule has 5 rings (SSSR count). The van der Waals surface area contributed by atoms with Gasteiger partial charge in [-0.15, -0.1) is 0 Å². The Labute approximate surface area is 198 Å². The number of likely N-dealkylation sites (tertiary alicyclic amines) is 1. The van der Waals surface area contributed by atoms with Crippen LogP contribution in [0.25, 0.3) is 11.0 Å². The normalized spacial score (nSPS) is 21.2. The lowest BCUT2D eigenvalue weighted by atomic mass is 9.79. The standard InChI is InChI=1S/C26H29N5O3/c1-16(2)26(24(33)28-25(34)29-26)19-10-8-18(9-11-19)23(32)31-14-12-17(13-15-31)22-27-20-6-4-5-7-21(20)30(22)3/h4-11,16-17H,12-15H2,1-3H3,(H2,28,29,33,34). The zero-order chi connectivity index (χ0) is 24.0. The molecule has 0 spiro atoms. The molecule has 2 N–H and O–H groups in total. The molecule has 2 fully saturated rings. The Bertz CT molecular complexity index is 1270. The predicted octanol–water partition coefficient (Wildman–Crippen LogP) is 3.28. The van der Waals surface area contributed by atoms with Gasteiger partial charge in [-0.25, -0.2) is 9.78 Å². The number of hydrogen-bond donors (Lipinski definition) is 2. The van der Waals surface area contributed by atoms with E-state index in [2.05, 4.69) is 28.3 Å². The Morgan fingerprint density at radius 1 is 1.06 bits per heavy atom. The van der Waals surface area contributed by atoms with Crippen LogP contribution in [0.4, 0.5) is 4.79 Å². The van der Waals surface area contributed by atoms with Crippen molar-refractivity contribution in [3.8, 4) is 0 Å². The molecule has 1 atom stereocenters. The highest BCUT2D eigenvalue weighted by Gasteiger charge is 2.50. The Kier molecular flexibility index (Phi) is 5.38. The number of aryl methyl sites for hydroxylation is 1.